The fourth-order valence-electron chi connectivity index (χ4n) is 4.51. The van der Waals surface area contributed by atoms with E-state index >= 15 is 0 Å². The molecule has 8 heteroatoms. The van der Waals surface area contributed by atoms with E-state index in [0.29, 0.717) is 23.7 Å². The molecule has 0 aliphatic heterocycles. The van der Waals surface area contributed by atoms with Crippen molar-refractivity contribution in [2.45, 2.75) is 19.4 Å². The molecule has 4 aromatic carbocycles. The minimum Gasteiger partial charge on any atom is -0.497 e. The van der Waals surface area contributed by atoms with Crippen molar-refractivity contribution < 1.29 is 14.3 Å². The van der Waals surface area contributed by atoms with Gasteiger partial charge in [-0.1, -0.05) is 55.5 Å². The van der Waals surface area contributed by atoms with Crippen LogP contribution in [0.3, 0.4) is 0 Å². The number of nitrogens with one attached hydrogen (secondary N) is 2. The quantitative estimate of drug-likeness (QED) is 0.217. The maximum absolute atomic E-state index is 12.5. The van der Waals surface area contributed by atoms with Gasteiger partial charge in [-0.3, -0.25) is 0 Å². The van der Waals surface area contributed by atoms with Crippen LogP contribution in [0.5, 0.6) is 11.5 Å². The van der Waals surface area contributed by atoms with Gasteiger partial charge in [0.25, 0.3) is 0 Å². The summed E-state index contributed by atoms with van der Waals surface area (Å²) < 4.78 is 12.7. The smallest absolute Gasteiger partial charge is 0.323 e. The third-order valence-electron chi connectivity index (χ3n) is 6.69. The molecule has 0 radical (unpaired) electrons. The Morgan fingerprint density at radius 2 is 1.48 bits per heavy atom. The molecule has 2 amide bonds. The van der Waals surface area contributed by atoms with Crippen LogP contribution in [0.1, 0.15) is 29.8 Å². The lowest BCUT2D eigenvalue weighted by molar-refractivity contribution is 0.262. The number of hydrogen-bond donors (Lipinski definition) is 2. The molecule has 5 rings (SSSR count). The molecular formula is C32H31N5O3. The summed E-state index contributed by atoms with van der Waals surface area (Å²) in [6.07, 6.45) is 0. The molecule has 0 aliphatic rings. The number of amides is 2. The van der Waals surface area contributed by atoms with Crippen molar-refractivity contribution in [1.82, 2.24) is 14.8 Å². The Hall–Kier alpha value is -5.11. The molecule has 0 saturated heterocycles. The van der Waals surface area contributed by atoms with Gasteiger partial charge < -0.3 is 24.7 Å². The first-order valence-electron chi connectivity index (χ1n) is 13.0. The zero-order valence-electron chi connectivity index (χ0n) is 22.7. The van der Waals surface area contributed by atoms with Gasteiger partial charge in [0, 0.05) is 28.9 Å². The van der Waals surface area contributed by atoms with Crippen molar-refractivity contribution in [1.29, 1.82) is 0 Å². The molecule has 1 atom stereocenters. The Kier molecular flexibility index (Phi) is 8.06. The van der Waals surface area contributed by atoms with Crippen molar-refractivity contribution in [3.8, 4) is 22.9 Å². The fourth-order valence-corrected chi connectivity index (χ4v) is 4.51. The number of ether oxygens (including phenoxy) is 2. The third-order valence-corrected chi connectivity index (χ3v) is 6.69. The lowest BCUT2D eigenvalue weighted by atomic mass is 10.00. The largest absolute Gasteiger partial charge is 0.497 e. The second-order valence-corrected chi connectivity index (χ2v) is 9.34. The van der Waals surface area contributed by atoms with Crippen LogP contribution in [0, 0.1) is 0 Å². The highest BCUT2D eigenvalue weighted by atomic mass is 16.5. The molecular weight excluding hydrogens is 502 g/mol. The van der Waals surface area contributed by atoms with Crippen LogP contribution in [-0.4, -0.2) is 35.0 Å². The van der Waals surface area contributed by atoms with Crippen molar-refractivity contribution in [3.05, 3.63) is 120 Å². The maximum atomic E-state index is 12.5. The number of carbonyl (C=O) groups is 1. The number of urea groups is 1. The molecule has 0 saturated carbocycles. The summed E-state index contributed by atoms with van der Waals surface area (Å²) in [5.74, 6) is 3.11. The zero-order valence-corrected chi connectivity index (χ0v) is 22.7. The molecule has 0 spiro atoms. The topological polar surface area (TPSA) is 90.3 Å². The highest BCUT2D eigenvalue weighted by Gasteiger charge is 2.21. The SMILES string of the molecule is COc1ccc(C(C)c2nnc(-c3ccc(NC(=O)Nc4cccc(OC)c4)cc3)n2Cc2ccccc2)cc1. The van der Waals surface area contributed by atoms with Crippen molar-refractivity contribution >= 4 is 17.4 Å². The van der Waals surface area contributed by atoms with Gasteiger partial charge in [-0.05, 0) is 59.7 Å². The van der Waals surface area contributed by atoms with Crippen LogP contribution >= 0.6 is 0 Å². The molecule has 0 aliphatic carbocycles. The molecule has 1 heterocycles. The molecule has 2 N–H and O–H groups in total. The van der Waals surface area contributed by atoms with Crippen LogP contribution in [0.25, 0.3) is 11.4 Å². The number of hydrogen-bond acceptors (Lipinski definition) is 5. The average molecular weight is 534 g/mol. The predicted octanol–water partition coefficient (Wildman–Crippen LogP) is 6.81. The second-order valence-electron chi connectivity index (χ2n) is 9.34. The van der Waals surface area contributed by atoms with Gasteiger partial charge in [0.15, 0.2) is 5.82 Å². The molecule has 8 nitrogen and oxygen atoms in total. The van der Waals surface area contributed by atoms with Crippen molar-refractivity contribution in [2.75, 3.05) is 24.9 Å². The van der Waals surface area contributed by atoms with E-state index < -0.39 is 0 Å². The number of benzene rings is 4. The Balaban J connectivity index is 1.38. The first kappa shape index (κ1) is 26.5. The average Bonchev–Trinajstić information content (AvgIpc) is 3.41. The molecule has 40 heavy (non-hydrogen) atoms. The van der Waals surface area contributed by atoms with E-state index in [9.17, 15) is 4.79 Å². The highest BCUT2D eigenvalue weighted by Crippen LogP contribution is 2.29. The van der Waals surface area contributed by atoms with Gasteiger partial charge >= 0.3 is 6.03 Å². The minimum absolute atomic E-state index is 0.0112. The van der Waals surface area contributed by atoms with Gasteiger partial charge in [-0.15, -0.1) is 10.2 Å². The van der Waals surface area contributed by atoms with Crippen LogP contribution in [0.4, 0.5) is 16.2 Å². The summed E-state index contributed by atoms with van der Waals surface area (Å²) in [4.78, 5) is 12.5. The molecule has 1 unspecified atom stereocenters. The summed E-state index contributed by atoms with van der Waals surface area (Å²) in [5.41, 5.74) is 4.47. The first-order valence-corrected chi connectivity index (χ1v) is 13.0. The normalized spacial score (nSPS) is 11.5. The maximum Gasteiger partial charge on any atom is 0.323 e. The van der Waals surface area contributed by atoms with Gasteiger partial charge in [-0.2, -0.15) is 0 Å². The number of nitrogens with zero attached hydrogens (tertiary/aromatic N) is 3. The number of rotatable bonds is 9. The van der Waals surface area contributed by atoms with Crippen LogP contribution < -0.4 is 20.1 Å². The van der Waals surface area contributed by atoms with E-state index in [4.69, 9.17) is 9.47 Å². The zero-order chi connectivity index (χ0) is 27.9. The highest BCUT2D eigenvalue weighted by molar-refractivity contribution is 5.99. The van der Waals surface area contributed by atoms with Crippen LogP contribution in [0.15, 0.2) is 103 Å². The predicted molar refractivity (Wildman–Crippen MR) is 157 cm³/mol. The van der Waals surface area contributed by atoms with Gasteiger partial charge in [0.1, 0.15) is 17.3 Å². The number of aromatic nitrogens is 3. The molecule has 1 aromatic heterocycles. The van der Waals surface area contributed by atoms with E-state index in [1.807, 2.05) is 66.7 Å². The van der Waals surface area contributed by atoms with Gasteiger partial charge in [0.2, 0.25) is 0 Å². The van der Waals surface area contributed by atoms with E-state index in [-0.39, 0.29) is 11.9 Å². The van der Waals surface area contributed by atoms with E-state index in [2.05, 4.69) is 56.6 Å². The standard InChI is InChI=1S/C32H31N5O3/c1-22(24-14-18-28(39-2)19-15-24)30-35-36-31(37(30)21-23-8-5-4-6-9-23)25-12-16-26(17-13-25)33-32(38)34-27-10-7-11-29(20-27)40-3/h4-20,22H,21H2,1-3H3,(H2,33,34,38). The minimum atomic E-state index is -0.344. The van der Waals surface area contributed by atoms with E-state index in [1.165, 1.54) is 0 Å². The number of carbonyl (C=O) groups excluding carboxylic acids is 1. The Labute approximate surface area is 233 Å². The monoisotopic (exact) mass is 533 g/mol. The Bertz CT molecular complexity index is 1570. The Morgan fingerprint density at radius 3 is 2.17 bits per heavy atom. The third kappa shape index (κ3) is 6.13. The summed E-state index contributed by atoms with van der Waals surface area (Å²) >= 11 is 0. The van der Waals surface area contributed by atoms with E-state index in [0.717, 1.165) is 34.1 Å². The summed E-state index contributed by atoms with van der Waals surface area (Å²) in [6, 6.07) is 32.7. The number of anilines is 2. The fraction of sp³-hybridized carbons (Fsp3) is 0.156. The molecule has 0 bridgehead atoms. The first-order chi connectivity index (χ1) is 19.5. The lowest BCUT2D eigenvalue weighted by Gasteiger charge is -2.16. The molecule has 5 aromatic rings. The van der Waals surface area contributed by atoms with Crippen molar-refractivity contribution in [2.24, 2.45) is 0 Å². The Morgan fingerprint density at radius 1 is 0.775 bits per heavy atom. The van der Waals surface area contributed by atoms with Crippen LogP contribution in [-0.2, 0) is 6.54 Å². The molecule has 202 valence electrons. The summed E-state index contributed by atoms with van der Waals surface area (Å²) in [6.45, 7) is 2.76. The van der Waals surface area contributed by atoms with Gasteiger partial charge in [-0.25, -0.2) is 4.79 Å². The summed E-state index contributed by atoms with van der Waals surface area (Å²) in [7, 11) is 3.25. The second kappa shape index (κ2) is 12.2. The van der Waals surface area contributed by atoms with Gasteiger partial charge in [0.05, 0.1) is 20.8 Å². The van der Waals surface area contributed by atoms with Crippen LogP contribution in [0.2, 0.25) is 0 Å². The lowest BCUT2D eigenvalue weighted by Crippen LogP contribution is -2.19. The molecule has 0 fully saturated rings. The number of methoxy groups -OCH3 is 2. The van der Waals surface area contributed by atoms with E-state index in [1.54, 1.807) is 26.4 Å². The van der Waals surface area contributed by atoms with Crippen molar-refractivity contribution in [3.63, 3.8) is 0 Å². The summed E-state index contributed by atoms with van der Waals surface area (Å²) in [5, 5.41) is 14.9.